The molecule has 0 bridgehead atoms. The Hall–Kier alpha value is -2.65. The molecule has 0 aromatic heterocycles. The molecule has 10 heteroatoms. The fourth-order valence-electron chi connectivity index (χ4n) is 4.36. The second-order valence-corrected chi connectivity index (χ2v) is 11.0. The van der Waals surface area contributed by atoms with E-state index in [1.165, 1.54) is 18.2 Å². The van der Waals surface area contributed by atoms with Crippen LogP contribution < -0.4 is 4.31 Å². The Morgan fingerprint density at radius 3 is 1.97 bits per heavy atom. The van der Waals surface area contributed by atoms with Crippen LogP contribution in [0.1, 0.15) is 27.5 Å². The SMILES string of the molecule is COC(=O)c1cccc(N(C2CN(C(c3ccc(Cl)cc3)c3ccc(Cl)cc3)C2)S(C)(=O)=O)c1F. The molecular weight excluding hydrogens is 514 g/mol. The molecule has 1 heterocycles. The Morgan fingerprint density at radius 2 is 1.51 bits per heavy atom. The molecule has 0 atom stereocenters. The normalized spacial score (nSPS) is 14.6. The van der Waals surface area contributed by atoms with Crippen molar-refractivity contribution in [2.24, 2.45) is 0 Å². The van der Waals surface area contributed by atoms with Crippen LogP contribution in [0.4, 0.5) is 10.1 Å². The van der Waals surface area contributed by atoms with Crippen molar-refractivity contribution in [2.75, 3.05) is 30.8 Å². The molecule has 1 aliphatic rings. The standard InChI is InChI=1S/C25H23Cl2FN2O4S/c1-34-25(31)21-4-3-5-22(23(21)28)30(35(2,32)33)20-14-29(15-20)24(16-6-10-18(26)11-7-16)17-8-12-19(27)13-9-17/h3-13,20,24H,14-15H2,1-2H3. The summed E-state index contributed by atoms with van der Waals surface area (Å²) in [6, 6.07) is 18.2. The van der Waals surface area contributed by atoms with Gasteiger partial charge >= 0.3 is 5.97 Å². The highest BCUT2D eigenvalue weighted by atomic mass is 35.5. The monoisotopic (exact) mass is 536 g/mol. The van der Waals surface area contributed by atoms with Gasteiger partial charge in [0.2, 0.25) is 10.0 Å². The first kappa shape index (κ1) is 25.4. The lowest BCUT2D eigenvalue weighted by Gasteiger charge is -2.48. The van der Waals surface area contributed by atoms with E-state index < -0.39 is 27.9 Å². The number of hydrogen-bond acceptors (Lipinski definition) is 5. The molecule has 1 aliphatic heterocycles. The van der Waals surface area contributed by atoms with Gasteiger partial charge in [-0.2, -0.15) is 0 Å². The van der Waals surface area contributed by atoms with Crippen molar-refractivity contribution >= 4 is 44.9 Å². The zero-order chi connectivity index (χ0) is 25.3. The van der Waals surface area contributed by atoms with Gasteiger partial charge in [0, 0.05) is 23.1 Å². The van der Waals surface area contributed by atoms with Gasteiger partial charge in [-0.1, -0.05) is 53.5 Å². The number of methoxy groups -OCH3 is 1. The second kappa shape index (κ2) is 10.1. The number of anilines is 1. The highest BCUT2D eigenvalue weighted by Gasteiger charge is 2.42. The average molecular weight is 537 g/mol. The minimum Gasteiger partial charge on any atom is -0.465 e. The van der Waals surface area contributed by atoms with Gasteiger partial charge in [0.25, 0.3) is 0 Å². The largest absolute Gasteiger partial charge is 0.465 e. The number of likely N-dealkylation sites (tertiary alicyclic amines) is 1. The lowest BCUT2D eigenvalue weighted by molar-refractivity contribution is 0.0595. The van der Waals surface area contributed by atoms with Gasteiger partial charge in [-0.3, -0.25) is 9.21 Å². The molecule has 6 nitrogen and oxygen atoms in total. The molecule has 0 aliphatic carbocycles. The number of carbonyl (C=O) groups excluding carboxylic acids is 1. The number of ether oxygens (including phenoxy) is 1. The maximum atomic E-state index is 15.2. The van der Waals surface area contributed by atoms with E-state index >= 15 is 4.39 Å². The van der Waals surface area contributed by atoms with E-state index in [0.717, 1.165) is 28.8 Å². The molecule has 184 valence electrons. The van der Waals surface area contributed by atoms with Crippen molar-refractivity contribution in [1.29, 1.82) is 0 Å². The van der Waals surface area contributed by atoms with E-state index in [4.69, 9.17) is 23.2 Å². The summed E-state index contributed by atoms with van der Waals surface area (Å²) >= 11 is 12.2. The highest BCUT2D eigenvalue weighted by Crippen LogP contribution is 2.37. The van der Waals surface area contributed by atoms with E-state index in [1.807, 2.05) is 24.3 Å². The van der Waals surface area contributed by atoms with Gasteiger partial charge < -0.3 is 4.74 Å². The fourth-order valence-corrected chi connectivity index (χ4v) is 5.78. The van der Waals surface area contributed by atoms with Crippen LogP contribution in [0.2, 0.25) is 10.0 Å². The molecule has 0 radical (unpaired) electrons. The van der Waals surface area contributed by atoms with Crippen LogP contribution in [0.5, 0.6) is 0 Å². The molecule has 0 spiro atoms. The summed E-state index contributed by atoms with van der Waals surface area (Å²) in [5.41, 5.74) is 1.43. The topological polar surface area (TPSA) is 66.9 Å². The predicted molar refractivity (Wildman–Crippen MR) is 135 cm³/mol. The summed E-state index contributed by atoms with van der Waals surface area (Å²) in [4.78, 5) is 14.1. The molecule has 3 aromatic carbocycles. The van der Waals surface area contributed by atoms with Gasteiger partial charge in [0.1, 0.15) is 0 Å². The first-order valence-electron chi connectivity index (χ1n) is 10.7. The average Bonchev–Trinajstić information content (AvgIpc) is 2.79. The zero-order valence-electron chi connectivity index (χ0n) is 19.0. The van der Waals surface area contributed by atoms with Crippen molar-refractivity contribution < 1.29 is 22.3 Å². The number of hydrogen-bond donors (Lipinski definition) is 0. The van der Waals surface area contributed by atoms with E-state index in [9.17, 15) is 13.2 Å². The van der Waals surface area contributed by atoms with E-state index in [2.05, 4.69) is 9.64 Å². The lowest BCUT2D eigenvalue weighted by atomic mass is 9.93. The molecule has 35 heavy (non-hydrogen) atoms. The molecule has 1 fully saturated rings. The van der Waals surface area contributed by atoms with E-state index in [0.29, 0.717) is 23.1 Å². The maximum absolute atomic E-state index is 15.2. The van der Waals surface area contributed by atoms with Gasteiger partial charge in [0.15, 0.2) is 5.82 Å². The minimum atomic E-state index is -3.86. The van der Waals surface area contributed by atoms with Crippen LogP contribution >= 0.6 is 23.2 Å². The third-order valence-corrected chi connectivity index (χ3v) is 7.65. The van der Waals surface area contributed by atoms with Gasteiger partial charge in [-0.05, 0) is 47.5 Å². The van der Waals surface area contributed by atoms with Crippen LogP contribution in [-0.4, -0.2) is 51.8 Å². The van der Waals surface area contributed by atoms with E-state index in [1.54, 1.807) is 24.3 Å². The molecule has 0 unspecified atom stereocenters. The van der Waals surface area contributed by atoms with Crippen LogP contribution in [0.3, 0.4) is 0 Å². The smallest absolute Gasteiger partial charge is 0.340 e. The number of halogens is 3. The number of esters is 1. The van der Waals surface area contributed by atoms with Crippen molar-refractivity contribution in [3.05, 3.63) is 99.3 Å². The molecule has 0 amide bonds. The Bertz CT molecular complexity index is 1280. The third-order valence-electron chi connectivity index (χ3n) is 5.94. The zero-order valence-corrected chi connectivity index (χ0v) is 21.3. The first-order chi connectivity index (χ1) is 16.6. The Balaban J connectivity index is 1.67. The first-order valence-corrected chi connectivity index (χ1v) is 13.3. The summed E-state index contributed by atoms with van der Waals surface area (Å²) in [6.07, 6.45) is 1.02. The van der Waals surface area contributed by atoms with Crippen molar-refractivity contribution in [3.63, 3.8) is 0 Å². The highest BCUT2D eigenvalue weighted by molar-refractivity contribution is 7.92. The third kappa shape index (κ3) is 5.30. The number of nitrogens with zero attached hydrogens (tertiary/aromatic N) is 2. The molecule has 4 rings (SSSR count). The Kier molecular flexibility index (Phi) is 7.38. The van der Waals surface area contributed by atoms with Gasteiger partial charge in [-0.25, -0.2) is 17.6 Å². The van der Waals surface area contributed by atoms with Gasteiger partial charge in [0.05, 0.1) is 36.7 Å². The Morgan fingerprint density at radius 1 is 1.00 bits per heavy atom. The van der Waals surface area contributed by atoms with E-state index in [-0.39, 0.29) is 17.3 Å². The summed E-state index contributed by atoms with van der Waals surface area (Å²) in [5, 5.41) is 1.21. The molecular formula is C25H23Cl2FN2O4S. The van der Waals surface area contributed by atoms with Crippen molar-refractivity contribution in [3.8, 4) is 0 Å². The van der Waals surface area contributed by atoms with Crippen LogP contribution in [0.25, 0.3) is 0 Å². The molecule has 0 saturated carbocycles. The van der Waals surface area contributed by atoms with Crippen LogP contribution in [0, 0.1) is 5.82 Å². The summed E-state index contributed by atoms with van der Waals surface area (Å²) in [5.74, 6) is -1.81. The number of carbonyl (C=O) groups is 1. The Labute approximate surface area is 213 Å². The summed E-state index contributed by atoms with van der Waals surface area (Å²) < 4.78 is 46.4. The van der Waals surface area contributed by atoms with Crippen molar-refractivity contribution in [1.82, 2.24) is 4.90 Å². The number of sulfonamides is 1. The van der Waals surface area contributed by atoms with Crippen LogP contribution in [0.15, 0.2) is 66.7 Å². The van der Waals surface area contributed by atoms with Crippen LogP contribution in [-0.2, 0) is 14.8 Å². The second-order valence-electron chi connectivity index (χ2n) is 8.30. The quantitative estimate of drug-likeness (QED) is 0.390. The van der Waals surface area contributed by atoms with Crippen molar-refractivity contribution in [2.45, 2.75) is 12.1 Å². The molecule has 0 N–H and O–H groups in total. The lowest BCUT2D eigenvalue weighted by Crippen LogP contribution is -2.61. The molecule has 3 aromatic rings. The molecule has 1 saturated heterocycles. The summed E-state index contributed by atoms with van der Waals surface area (Å²) in [6.45, 7) is 0.676. The van der Waals surface area contributed by atoms with Gasteiger partial charge in [-0.15, -0.1) is 0 Å². The number of rotatable bonds is 7. The minimum absolute atomic E-state index is 0.186. The fraction of sp³-hybridized carbons (Fsp3) is 0.240. The number of benzene rings is 3. The maximum Gasteiger partial charge on any atom is 0.340 e. The summed E-state index contributed by atoms with van der Waals surface area (Å²) in [7, 11) is -2.72. The predicted octanol–water partition coefficient (Wildman–Crippen LogP) is 5.16.